The molecule has 14 nitrogen and oxygen atoms in total. The molecular formula is C43H49ClN8O6. The number of methoxy groups -OCH3 is 2. The fourth-order valence-corrected chi connectivity index (χ4v) is 9.03. The summed E-state index contributed by atoms with van der Waals surface area (Å²) in [5.74, 6) is 1.23. The molecule has 0 radical (unpaired) electrons. The number of likely N-dealkylation sites (tertiary alicyclic amines) is 2. The Morgan fingerprint density at radius 2 is 1.41 bits per heavy atom. The summed E-state index contributed by atoms with van der Waals surface area (Å²) in [5, 5.41) is 7.83. The van der Waals surface area contributed by atoms with Crippen molar-refractivity contribution in [3.63, 3.8) is 0 Å². The van der Waals surface area contributed by atoms with Crippen LogP contribution in [0.4, 0.5) is 9.59 Å². The van der Waals surface area contributed by atoms with Crippen LogP contribution in [-0.4, -0.2) is 92.6 Å². The van der Waals surface area contributed by atoms with E-state index in [1.165, 1.54) is 14.2 Å². The van der Waals surface area contributed by atoms with E-state index in [9.17, 15) is 19.2 Å². The van der Waals surface area contributed by atoms with E-state index in [1.807, 2.05) is 55.7 Å². The van der Waals surface area contributed by atoms with Gasteiger partial charge >= 0.3 is 12.2 Å². The Kier molecular flexibility index (Phi) is 10.6. The van der Waals surface area contributed by atoms with Crippen LogP contribution in [0.2, 0.25) is 5.15 Å². The van der Waals surface area contributed by atoms with Crippen molar-refractivity contribution in [2.45, 2.75) is 83.6 Å². The molecule has 3 fully saturated rings. The lowest BCUT2D eigenvalue weighted by Gasteiger charge is -2.31. The summed E-state index contributed by atoms with van der Waals surface area (Å²) < 4.78 is 9.58. The molecule has 3 aliphatic rings. The van der Waals surface area contributed by atoms with Crippen molar-refractivity contribution in [1.29, 1.82) is 0 Å². The van der Waals surface area contributed by atoms with Crippen LogP contribution in [0.5, 0.6) is 0 Å². The minimum Gasteiger partial charge on any atom is -0.453 e. The number of aromatic amines is 2. The Balaban J connectivity index is 1.00. The molecule has 1 aliphatic carbocycles. The van der Waals surface area contributed by atoms with Crippen LogP contribution in [0, 0.1) is 17.8 Å². The molecule has 15 heteroatoms. The van der Waals surface area contributed by atoms with Crippen LogP contribution in [-0.2, 0) is 19.1 Å². The lowest BCUT2D eigenvalue weighted by molar-refractivity contribution is -0.137. The minimum atomic E-state index is -0.716. The highest BCUT2D eigenvalue weighted by molar-refractivity contribution is 6.32. The second kappa shape index (κ2) is 15.6. The SMILES string of the molecule is COC(=O)N[C@H](C(=O)N1CCC[C@H]1c1nc2ccc3cc(-c4ccc(-c5[nH]c([C@@H]6C[C@H]7C[C@H]7N6C(=O)[C@@H](NC(=O)OC)C(C)C)nc5Cl)cc4)ccc3c2[nH]1)C(C)C. The maximum Gasteiger partial charge on any atom is 0.407 e. The van der Waals surface area contributed by atoms with Crippen molar-refractivity contribution in [2.24, 2.45) is 17.8 Å². The van der Waals surface area contributed by atoms with Crippen molar-refractivity contribution < 1.29 is 28.7 Å². The number of imidazole rings is 2. The van der Waals surface area contributed by atoms with Crippen LogP contribution < -0.4 is 10.6 Å². The van der Waals surface area contributed by atoms with Gasteiger partial charge < -0.3 is 39.9 Å². The zero-order chi connectivity index (χ0) is 41.0. The van der Waals surface area contributed by atoms with Gasteiger partial charge in [-0.3, -0.25) is 9.59 Å². The number of benzene rings is 3. The van der Waals surface area contributed by atoms with Gasteiger partial charge in [0, 0.05) is 23.5 Å². The van der Waals surface area contributed by atoms with Gasteiger partial charge in [0.1, 0.15) is 23.7 Å². The van der Waals surface area contributed by atoms with E-state index in [1.54, 1.807) is 0 Å². The predicted octanol–water partition coefficient (Wildman–Crippen LogP) is 7.51. The van der Waals surface area contributed by atoms with E-state index >= 15 is 0 Å². The van der Waals surface area contributed by atoms with E-state index in [0.717, 1.165) is 70.0 Å². The first-order chi connectivity index (χ1) is 27.9. The Hall–Kier alpha value is -5.63. The van der Waals surface area contributed by atoms with Gasteiger partial charge in [-0.15, -0.1) is 0 Å². The summed E-state index contributed by atoms with van der Waals surface area (Å²) in [6.07, 6.45) is 2.07. The fraction of sp³-hybridized carbons (Fsp3) is 0.442. The number of halogens is 1. The van der Waals surface area contributed by atoms with E-state index in [4.69, 9.17) is 31.0 Å². The molecule has 5 aromatic rings. The predicted molar refractivity (Wildman–Crippen MR) is 220 cm³/mol. The monoisotopic (exact) mass is 808 g/mol. The number of nitrogens with zero attached hydrogens (tertiary/aromatic N) is 4. The molecule has 0 spiro atoms. The molecule has 4 N–H and O–H groups in total. The van der Waals surface area contributed by atoms with Crippen molar-refractivity contribution in [1.82, 2.24) is 40.4 Å². The molecule has 1 saturated carbocycles. The maximum atomic E-state index is 13.9. The van der Waals surface area contributed by atoms with E-state index < -0.39 is 24.3 Å². The zero-order valence-electron chi connectivity index (χ0n) is 33.5. The van der Waals surface area contributed by atoms with Gasteiger partial charge in [0.2, 0.25) is 11.8 Å². The number of H-pyrrole nitrogens is 2. The molecule has 6 atom stereocenters. The van der Waals surface area contributed by atoms with Gasteiger partial charge in [0.05, 0.1) is 43.0 Å². The van der Waals surface area contributed by atoms with Crippen molar-refractivity contribution in [3.05, 3.63) is 71.4 Å². The quantitative estimate of drug-likeness (QED) is 0.112. The largest absolute Gasteiger partial charge is 0.453 e. The molecule has 2 saturated heterocycles. The lowest BCUT2D eigenvalue weighted by Crippen LogP contribution is -2.52. The third kappa shape index (κ3) is 7.22. The highest BCUT2D eigenvalue weighted by atomic mass is 35.5. The number of piperidine rings is 1. The molecular weight excluding hydrogens is 760 g/mol. The Labute approximate surface area is 341 Å². The van der Waals surface area contributed by atoms with Gasteiger partial charge in [-0.1, -0.05) is 81.8 Å². The minimum absolute atomic E-state index is 0.117. The zero-order valence-corrected chi connectivity index (χ0v) is 34.2. The van der Waals surface area contributed by atoms with Crippen LogP contribution >= 0.6 is 11.6 Å². The van der Waals surface area contributed by atoms with E-state index in [-0.39, 0.29) is 41.8 Å². The Morgan fingerprint density at radius 3 is 2.09 bits per heavy atom. The number of hydrogen-bond acceptors (Lipinski definition) is 8. The topological polar surface area (TPSA) is 175 Å². The maximum absolute atomic E-state index is 13.9. The van der Waals surface area contributed by atoms with Gasteiger partial charge in [0.15, 0.2) is 5.15 Å². The molecule has 4 amide bonds. The molecule has 58 heavy (non-hydrogen) atoms. The van der Waals surface area contributed by atoms with Gasteiger partial charge in [-0.25, -0.2) is 19.6 Å². The van der Waals surface area contributed by atoms with E-state index in [2.05, 4.69) is 57.0 Å². The molecule has 3 aromatic carbocycles. The van der Waals surface area contributed by atoms with Crippen molar-refractivity contribution in [2.75, 3.05) is 20.8 Å². The van der Waals surface area contributed by atoms with Crippen LogP contribution in [0.15, 0.2) is 54.6 Å². The number of hydrogen-bond donors (Lipinski definition) is 4. The second-order valence-electron chi connectivity index (χ2n) is 16.3. The number of fused-ring (bicyclic) bond motifs is 4. The number of nitrogens with one attached hydrogen (secondary N) is 4. The van der Waals surface area contributed by atoms with Crippen molar-refractivity contribution in [3.8, 4) is 22.4 Å². The molecule has 4 heterocycles. The summed E-state index contributed by atoms with van der Waals surface area (Å²) in [5.41, 5.74) is 5.35. The smallest absolute Gasteiger partial charge is 0.407 e. The molecule has 0 bridgehead atoms. The molecule has 2 aromatic heterocycles. The van der Waals surface area contributed by atoms with Gasteiger partial charge in [-0.05, 0) is 72.1 Å². The molecule has 2 aliphatic heterocycles. The lowest BCUT2D eigenvalue weighted by atomic mass is 9.99. The Morgan fingerprint density at radius 1 is 0.776 bits per heavy atom. The van der Waals surface area contributed by atoms with Crippen LogP contribution in [0.3, 0.4) is 0 Å². The first-order valence-corrected chi connectivity index (χ1v) is 20.3. The average molecular weight is 809 g/mol. The van der Waals surface area contributed by atoms with Crippen molar-refractivity contribution >= 4 is 57.4 Å². The summed E-state index contributed by atoms with van der Waals surface area (Å²) in [6.45, 7) is 8.19. The molecule has 304 valence electrons. The second-order valence-corrected chi connectivity index (χ2v) is 16.7. The number of alkyl carbamates (subject to hydrolysis) is 2. The van der Waals surface area contributed by atoms with Gasteiger partial charge in [0.25, 0.3) is 0 Å². The molecule has 0 unspecified atom stereocenters. The summed E-state index contributed by atoms with van der Waals surface area (Å²) >= 11 is 6.75. The number of carbonyl (C=O) groups is 4. The summed E-state index contributed by atoms with van der Waals surface area (Å²) in [6, 6.07) is 16.7. The molecule has 8 rings (SSSR count). The normalized spacial score (nSPS) is 21.1. The van der Waals surface area contributed by atoms with Crippen LogP contribution in [0.1, 0.15) is 77.1 Å². The Bertz CT molecular complexity index is 2390. The fourth-order valence-electron chi connectivity index (χ4n) is 8.78. The summed E-state index contributed by atoms with van der Waals surface area (Å²) in [4.78, 5) is 72.0. The number of aromatic nitrogens is 4. The third-order valence-electron chi connectivity index (χ3n) is 12.0. The standard InChI is InChI=1S/C43H49ClN8O6/c1-21(2)33(48-42(55)57-5)40(53)51-17-7-8-30(51)38-45-29-16-14-26-18-25(13-15-28(26)36(29)47-38)23-9-11-24(12-10-23)35-37(44)50-39(46-35)32-20-27-19-31(27)52(32)41(54)34(22(3)4)49-43(56)58-6/h9-16,18,21-22,27,30-34H,7-8,17,19-20H2,1-6H3,(H,45,47)(H,46,50)(H,48,55)(H,49,56)/t27-,30+,31-,32+,33+,34+/m1/s1. The number of rotatable bonds is 10. The van der Waals surface area contributed by atoms with E-state index in [0.29, 0.717) is 29.1 Å². The average Bonchev–Trinajstić information content (AvgIpc) is 3.66. The number of carbonyl (C=O) groups excluding carboxylic acids is 4. The first kappa shape index (κ1) is 39.2. The van der Waals surface area contributed by atoms with Crippen LogP contribution in [0.25, 0.3) is 44.2 Å². The number of ether oxygens (including phenoxy) is 2. The first-order valence-electron chi connectivity index (χ1n) is 20.0. The third-order valence-corrected chi connectivity index (χ3v) is 12.3. The van der Waals surface area contributed by atoms with Gasteiger partial charge in [-0.2, -0.15) is 0 Å². The number of amides is 4. The highest BCUT2D eigenvalue weighted by Gasteiger charge is 2.56. The highest BCUT2D eigenvalue weighted by Crippen LogP contribution is 2.54. The summed E-state index contributed by atoms with van der Waals surface area (Å²) in [7, 11) is 2.58.